The fourth-order valence-corrected chi connectivity index (χ4v) is 1.83. The molecule has 2 heterocycles. The minimum atomic E-state index is -0.535. The highest BCUT2D eigenvalue weighted by molar-refractivity contribution is 6.01. The Morgan fingerprint density at radius 1 is 1.37 bits per heavy atom. The average molecular weight is 264 g/mol. The fourth-order valence-electron chi connectivity index (χ4n) is 1.83. The molecule has 1 saturated heterocycles. The summed E-state index contributed by atoms with van der Waals surface area (Å²) in [4.78, 5) is 41.0. The summed E-state index contributed by atoms with van der Waals surface area (Å²) >= 11 is 0. The molecule has 1 aromatic rings. The van der Waals surface area contributed by atoms with Crippen molar-refractivity contribution in [1.29, 1.82) is 0 Å². The highest BCUT2D eigenvalue weighted by Crippen LogP contribution is 2.13. The van der Waals surface area contributed by atoms with Gasteiger partial charge in [0.05, 0.1) is 0 Å². The summed E-state index contributed by atoms with van der Waals surface area (Å²) < 4.78 is 0. The predicted molar refractivity (Wildman–Crippen MR) is 68.7 cm³/mol. The first kappa shape index (κ1) is 13.3. The van der Waals surface area contributed by atoms with Gasteiger partial charge >= 0.3 is 0 Å². The van der Waals surface area contributed by atoms with Crippen LogP contribution in [-0.4, -0.2) is 27.8 Å². The van der Waals surface area contributed by atoms with E-state index in [0.717, 1.165) is 0 Å². The van der Waals surface area contributed by atoms with Crippen molar-refractivity contribution < 1.29 is 9.59 Å². The molecule has 2 rings (SSSR count). The molecule has 1 unspecified atom stereocenters. The highest BCUT2D eigenvalue weighted by atomic mass is 16.2. The Kier molecular flexibility index (Phi) is 3.64. The van der Waals surface area contributed by atoms with E-state index in [2.05, 4.69) is 20.6 Å². The number of nitrogens with zero attached hydrogens (tertiary/aromatic N) is 1. The summed E-state index contributed by atoms with van der Waals surface area (Å²) in [5.41, 5.74) is -0.270. The largest absolute Gasteiger partial charge is 0.358 e. The smallest absolute Gasteiger partial charge is 0.252 e. The van der Waals surface area contributed by atoms with Crippen molar-refractivity contribution in [3.63, 3.8) is 0 Å². The van der Waals surface area contributed by atoms with Crippen molar-refractivity contribution in [2.24, 2.45) is 0 Å². The topological polar surface area (TPSA) is 104 Å². The van der Waals surface area contributed by atoms with Crippen molar-refractivity contribution in [2.45, 2.75) is 38.6 Å². The summed E-state index contributed by atoms with van der Waals surface area (Å²) in [7, 11) is 0. The first-order valence-corrected chi connectivity index (χ1v) is 6.17. The van der Waals surface area contributed by atoms with Crippen molar-refractivity contribution in [2.75, 3.05) is 5.32 Å². The van der Waals surface area contributed by atoms with Gasteiger partial charge in [-0.15, -0.1) is 0 Å². The second-order valence-electron chi connectivity index (χ2n) is 4.82. The quantitative estimate of drug-likeness (QED) is 0.672. The number of H-pyrrole nitrogens is 1. The van der Waals surface area contributed by atoms with Crippen LogP contribution in [0.15, 0.2) is 10.9 Å². The molecule has 19 heavy (non-hydrogen) atoms. The van der Waals surface area contributed by atoms with Crippen LogP contribution in [0.3, 0.4) is 0 Å². The summed E-state index contributed by atoms with van der Waals surface area (Å²) in [5.74, 6) is 0.328. The van der Waals surface area contributed by atoms with Crippen LogP contribution in [-0.2, 0) is 9.59 Å². The van der Waals surface area contributed by atoms with Crippen LogP contribution < -0.4 is 16.2 Å². The molecule has 0 aliphatic carbocycles. The van der Waals surface area contributed by atoms with E-state index in [1.165, 1.54) is 6.07 Å². The maximum Gasteiger partial charge on any atom is 0.252 e. The molecule has 1 aromatic heterocycles. The molecule has 0 aromatic carbocycles. The zero-order valence-electron chi connectivity index (χ0n) is 10.8. The molecule has 1 atom stereocenters. The third-order valence-corrected chi connectivity index (χ3v) is 2.87. The fraction of sp³-hybridized carbons (Fsp3) is 0.500. The number of nitrogens with one attached hydrogen (secondary N) is 3. The minimum Gasteiger partial charge on any atom is -0.358 e. The molecule has 7 nitrogen and oxygen atoms in total. The van der Waals surface area contributed by atoms with Gasteiger partial charge in [0.1, 0.15) is 17.7 Å². The van der Waals surface area contributed by atoms with Gasteiger partial charge in [-0.25, -0.2) is 4.98 Å². The molecule has 1 aliphatic rings. The predicted octanol–water partition coefficient (Wildman–Crippen LogP) is 0.110. The van der Waals surface area contributed by atoms with Gasteiger partial charge < -0.3 is 10.3 Å². The molecule has 3 N–H and O–H groups in total. The molecule has 1 aliphatic heterocycles. The van der Waals surface area contributed by atoms with Gasteiger partial charge in [-0.1, -0.05) is 13.8 Å². The third-order valence-electron chi connectivity index (χ3n) is 2.87. The second kappa shape index (κ2) is 5.21. The second-order valence-corrected chi connectivity index (χ2v) is 4.82. The number of imide groups is 1. The molecular weight excluding hydrogens is 248 g/mol. The van der Waals surface area contributed by atoms with E-state index in [0.29, 0.717) is 18.1 Å². The van der Waals surface area contributed by atoms with Gasteiger partial charge in [0, 0.05) is 18.4 Å². The van der Waals surface area contributed by atoms with Crippen molar-refractivity contribution in [3.05, 3.63) is 22.2 Å². The summed E-state index contributed by atoms with van der Waals surface area (Å²) in [5, 5.41) is 5.14. The Morgan fingerprint density at radius 2 is 2.11 bits per heavy atom. The Balaban J connectivity index is 2.17. The van der Waals surface area contributed by atoms with Gasteiger partial charge in [0.25, 0.3) is 5.56 Å². The summed E-state index contributed by atoms with van der Waals surface area (Å²) in [6, 6.07) is 0.766. The van der Waals surface area contributed by atoms with Crippen molar-refractivity contribution >= 4 is 17.6 Å². The van der Waals surface area contributed by atoms with Gasteiger partial charge in [0.2, 0.25) is 11.8 Å². The van der Waals surface area contributed by atoms with E-state index in [9.17, 15) is 14.4 Å². The number of aromatic amines is 1. The molecular formula is C12H16N4O3. The number of carbonyl (C=O) groups is 2. The van der Waals surface area contributed by atoms with Crippen molar-refractivity contribution in [3.8, 4) is 0 Å². The van der Waals surface area contributed by atoms with E-state index in [1.807, 2.05) is 13.8 Å². The number of hydrogen-bond acceptors (Lipinski definition) is 5. The number of piperidine rings is 1. The number of anilines is 1. The molecule has 102 valence electrons. The van der Waals surface area contributed by atoms with E-state index in [1.54, 1.807) is 0 Å². The lowest BCUT2D eigenvalue weighted by molar-refractivity contribution is -0.133. The van der Waals surface area contributed by atoms with Gasteiger partial charge in [-0.3, -0.25) is 19.7 Å². The first-order valence-electron chi connectivity index (χ1n) is 6.17. The van der Waals surface area contributed by atoms with Gasteiger partial charge in [0.15, 0.2) is 0 Å². The number of aromatic nitrogens is 2. The van der Waals surface area contributed by atoms with Gasteiger partial charge in [-0.2, -0.15) is 0 Å². The molecule has 0 radical (unpaired) electrons. The lowest BCUT2D eigenvalue weighted by atomic mass is 10.1. The van der Waals surface area contributed by atoms with E-state index >= 15 is 0 Å². The van der Waals surface area contributed by atoms with E-state index < -0.39 is 6.04 Å². The normalized spacial score (nSPS) is 19.4. The average Bonchev–Trinajstić information content (AvgIpc) is 2.32. The lowest BCUT2D eigenvalue weighted by Gasteiger charge is -2.22. The molecule has 0 saturated carbocycles. The Labute approximate surface area is 109 Å². The van der Waals surface area contributed by atoms with Crippen LogP contribution >= 0.6 is 0 Å². The van der Waals surface area contributed by atoms with E-state index in [4.69, 9.17) is 0 Å². The minimum absolute atomic E-state index is 0.0798. The summed E-state index contributed by atoms with van der Waals surface area (Å²) in [6.07, 6.45) is 0.680. The Hall–Kier alpha value is -2.18. The zero-order valence-corrected chi connectivity index (χ0v) is 10.8. The molecule has 0 bridgehead atoms. The number of hydrogen-bond donors (Lipinski definition) is 3. The van der Waals surface area contributed by atoms with Crippen molar-refractivity contribution in [1.82, 2.24) is 15.3 Å². The molecule has 1 fully saturated rings. The van der Waals surface area contributed by atoms with E-state index in [-0.39, 0.29) is 29.7 Å². The number of carbonyl (C=O) groups excluding carboxylic acids is 2. The maximum absolute atomic E-state index is 11.6. The summed E-state index contributed by atoms with van der Waals surface area (Å²) in [6.45, 7) is 3.82. The SMILES string of the molecule is CC(C)c1nc(NC2CCC(=O)NC2=O)cc(=O)[nH]1. The van der Waals surface area contributed by atoms with Crippen LogP contribution in [0.5, 0.6) is 0 Å². The van der Waals surface area contributed by atoms with Gasteiger partial charge in [-0.05, 0) is 6.42 Å². The Morgan fingerprint density at radius 3 is 2.74 bits per heavy atom. The van der Waals surface area contributed by atoms with Crippen LogP contribution in [0.2, 0.25) is 0 Å². The molecule has 7 heteroatoms. The standard InChI is InChI=1S/C12H16N4O3/c1-6(2)11-14-8(5-10(18)15-11)13-7-3-4-9(17)16-12(7)19/h5-7H,3-4H2,1-2H3,(H,16,17,19)(H2,13,14,15,18). The van der Waals surface area contributed by atoms with Crippen LogP contribution in [0.1, 0.15) is 38.4 Å². The maximum atomic E-state index is 11.6. The third kappa shape index (κ3) is 3.18. The Bertz CT molecular complexity index is 564. The highest BCUT2D eigenvalue weighted by Gasteiger charge is 2.26. The zero-order chi connectivity index (χ0) is 14.0. The number of amides is 2. The molecule has 0 spiro atoms. The lowest BCUT2D eigenvalue weighted by Crippen LogP contribution is -2.47. The molecule has 2 amide bonds. The first-order chi connectivity index (χ1) is 8.95. The van der Waals surface area contributed by atoms with Crippen LogP contribution in [0.25, 0.3) is 0 Å². The monoisotopic (exact) mass is 264 g/mol. The van der Waals surface area contributed by atoms with Crippen LogP contribution in [0.4, 0.5) is 5.82 Å². The number of rotatable bonds is 3. The van der Waals surface area contributed by atoms with Crippen LogP contribution in [0, 0.1) is 0 Å².